The van der Waals surface area contributed by atoms with Crippen molar-refractivity contribution in [1.29, 1.82) is 0 Å². The fourth-order valence-corrected chi connectivity index (χ4v) is 1.32. The maximum Gasteiger partial charge on any atom is 0.336 e. The van der Waals surface area contributed by atoms with Crippen LogP contribution in [0.1, 0.15) is 21.5 Å². The molecular formula is C11H11NO3. The second-order valence-corrected chi connectivity index (χ2v) is 3.00. The molecule has 0 radical (unpaired) electrons. The molecule has 15 heavy (non-hydrogen) atoms. The Morgan fingerprint density at radius 2 is 2.20 bits per heavy atom. The zero-order chi connectivity index (χ0) is 11.6. The van der Waals surface area contributed by atoms with Gasteiger partial charge in [0.2, 0.25) is 0 Å². The van der Waals surface area contributed by atoms with Crippen molar-refractivity contribution < 1.29 is 15.0 Å². The first kappa shape index (κ1) is 11.0. The second kappa shape index (κ2) is 3.96. The Morgan fingerprint density at radius 1 is 1.60 bits per heavy atom. The molecule has 4 heteroatoms. The third-order valence-corrected chi connectivity index (χ3v) is 2.17. The normalized spacial score (nSPS) is 9.67. The maximum atomic E-state index is 10.9. The number of aromatic hydroxyl groups is 1. The SMILES string of the molecule is C=Cc1cc(C(=O)O)c(C)c(O)c1N=C. The molecule has 0 atom stereocenters. The van der Waals surface area contributed by atoms with E-state index in [1.165, 1.54) is 19.1 Å². The number of phenolic OH excluding ortho intramolecular Hbond substituents is 1. The van der Waals surface area contributed by atoms with Crippen LogP contribution in [0.25, 0.3) is 6.08 Å². The highest BCUT2D eigenvalue weighted by Crippen LogP contribution is 2.36. The summed E-state index contributed by atoms with van der Waals surface area (Å²) in [6, 6.07) is 1.41. The van der Waals surface area contributed by atoms with E-state index < -0.39 is 5.97 Å². The van der Waals surface area contributed by atoms with Crippen molar-refractivity contribution >= 4 is 24.5 Å². The third kappa shape index (κ3) is 1.74. The van der Waals surface area contributed by atoms with Crippen molar-refractivity contribution in [3.05, 3.63) is 29.3 Å². The Morgan fingerprint density at radius 3 is 2.60 bits per heavy atom. The molecule has 78 valence electrons. The monoisotopic (exact) mass is 205 g/mol. The van der Waals surface area contributed by atoms with Crippen molar-refractivity contribution in [3.8, 4) is 5.75 Å². The van der Waals surface area contributed by atoms with Gasteiger partial charge in [0.05, 0.1) is 5.56 Å². The number of carbonyl (C=O) groups is 1. The van der Waals surface area contributed by atoms with E-state index in [0.29, 0.717) is 5.56 Å². The minimum atomic E-state index is -1.10. The number of carboxylic acids is 1. The predicted octanol–water partition coefficient (Wildman–Crippen LogP) is 2.37. The molecule has 0 fully saturated rings. The molecule has 0 bridgehead atoms. The van der Waals surface area contributed by atoms with E-state index in [4.69, 9.17) is 5.11 Å². The largest absolute Gasteiger partial charge is 0.505 e. The summed E-state index contributed by atoms with van der Waals surface area (Å²) in [7, 11) is 0. The molecule has 0 aromatic heterocycles. The predicted molar refractivity (Wildman–Crippen MR) is 59.1 cm³/mol. The number of hydrogen-bond acceptors (Lipinski definition) is 3. The summed E-state index contributed by atoms with van der Waals surface area (Å²) >= 11 is 0. The number of phenols is 1. The van der Waals surface area contributed by atoms with Crippen LogP contribution in [-0.2, 0) is 0 Å². The van der Waals surface area contributed by atoms with Crippen molar-refractivity contribution in [2.45, 2.75) is 6.92 Å². The summed E-state index contributed by atoms with van der Waals surface area (Å²) in [6.07, 6.45) is 1.43. The third-order valence-electron chi connectivity index (χ3n) is 2.17. The van der Waals surface area contributed by atoms with Crippen LogP contribution >= 0.6 is 0 Å². The summed E-state index contributed by atoms with van der Waals surface area (Å²) in [5.41, 5.74) is 1.02. The average molecular weight is 205 g/mol. The van der Waals surface area contributed by atoms with Gasteiger partial charge in [-0.05, 0) is 19.7 Å². The Balaban J connectivity index is 3.63. The number of benzene rings is 1. The Hall–Kier alpha value is -2.10. The molecule has 0 unspecified atom stereocenters. The van der Waals surface area contributed by atoms with Crippen molar-refractivity contribution in [2.24, 2.45) is 4.99 Å². The number of rotatable bonds is 3. The topological polar surface area (TPSA) is 69.9 Å². The lowest BCUT2D eigenvalue weighted by atomic mass is 10.0. The molecule has 0 aliphatic rings. The van der Waals surface area contributed by atoms with E-state index in [2.05, 4.69) is 18.3 Å². The molecule has 1 aromatic carbocycles. The zero-order valence-corrected chi connectivity index (χ0v) is 8.32. The molecule has 4 nitrogen and oxygen atoms in total. The molecule has 0 amide bonds. The highest BCUT2D eigenvalue weighted by molar-refractivity contribution is 5.93. The molecule has 1 rings (SSSR count). The van der Waals surface area contributed by atoms with E-state index in [-0.39, 0.29) is 22.6 Å². The second-order valence-electron chi connectivity index (χ2n) is 3.00. The lowest BCUT2D eigenvalue weighted by Crippen LogP contribution is -2.00. The van der Waals surface area contributed by atoms with Gasteiger partial charge in [-0.3, -0.25) is 4.99 Å². The number of carboxylic acid groups (broad SMARTS) is 1. The Labute approximate surface area is 87.2 Å². The minimum absolute atomic E-state index is 0.0369. The van der Waals surface area contributed by atoms with Gasteiger partial charge in [-0.15, -0.1) is 0 Å². The van der Waals surface area contributed by atoms with E-state index in [1.807, 2.05) is 0 Å². The van der Waals surface area contributed by atoms with E-state index >= 15 is 0 Å². The van der Waals surface area contributed by atoms with Crippen LogP contribution in [0.5, 0.6) is 5.75 Å². The van der Waals surface area contributed by atoms with E-state index in [0.717, 1.165) is 0 Å². The quantitative estimate of drug-likeness (QED) is 0.744. The van der Waals surface area contributed by atoms with Gasteiger partial charge >= 0.3 is 5.97 Å². The molecule has 0 aliphatic carbocycles. The van der Waals surface area contributed by atoms with Gasteiger partial charge in [-0.1, -0.05) is 12.7 Å². The first-order chi connectivity index (χ1) is 7.02. The van der Waals surface area contributed by atoms with Crippen LogP contribution in [0.15, 0.2) is 17.6 Å². The molecule has 0 aliphatic heterocycles. The first-order valence-electron chi connectivity index (χ1n) is 4.22. The fourth-order valence-electron chi connectivity index (χ4n) is 1.32. The molecule has 1 aromatic rings. The summed E-state index contributed by atoms with van der Waals surface area (Å²) < 4.78 is 0. The number of hydrogen-bond donors (Lipinski definition) is 2. The van der Waals surface area contributed by atoms with Gasteiger partial charge in [0.25, 0.3) is 0 Å². The lowest BCUT2D eigenvalue weighted by Gasteiger charge is -2.09. The van der Waals surface area contributed by atoms with E-state index in [1.54, 1.807) is 0 Å². The first-order valence-corrected chi connectivity index (χ1v) is 4.22. The van der Waals surface area contributed by atoms with Crippen LogP contribution in [0.3, 0.4) is 0 Å². The van der Waals surface area contributed by atoms with Gasteiger partial charge in [-0.2, -0.15) is 0 Å². The summed E-state index contributed by atoms with van der Waals surface area (Å²) in [4.78, 5) is 14.5. The van der Waals surface area contributed by atoms with Gasteiger partial charge in [0, 0.05) is 11.1 Å². The van der Waals surface area contributed by atoms with Crippen LogP contribution < -0.4 is 0 Å². The molecule has 0 saturated heterocycles. The van der Waals surface area contributed by atoms with Gasteiger partial charge in [0.1, 0.15) is 11.4 Å². The van der Waals surface area contributed by atoms with Gasteiger partial charge in [-0.25, -0.2) is 4.79 Å². The van der Waals surface area contributed by atoms with E-state index in [9.17, 15) is 9.90 Å². The maximum absolute atomic E-state index is 10.9. The summed E-state index contributed by atoms with van der Waals surface area (Å²) in [6.45, 7) is 8.34. The molecule has 0 saturated carbocycles. The summed E-state index contributed by atoms with van der Waals surface area (Å²) in [5.74, 6) is -1.26. The minimum Gasteiger partial charge on any atom is -0.505 e. The van der Waals surface area contributed by atoms with Crippen LogP contribution in [0.4, 0.5) is 5.69 Å². The number of aliphatic imine (C=N–C) groups is 1. The molecular weight excluding hydrogens is 194 g/mol. The molecule has 0 heterocycles. The van der Waals surface area contributed by atoms with Crippen molar-refractivity contribution in [1.82, 2.24) is 0 Å². The van der Waals surface area contributed by atoms with Crippen LogP contribution in [-0.4, -0.2) is 22.9 Å². The Kier molecular flexibility index (Phi) is 2.90. The number of aromatic carboxylic acids is 1. The zero-order valence-electron chi connectivity index (χ0n) is 8.32. The fraction of sp³-hybridized carbons (Fsp3) is 0.0909. The summed E-state index contributed by atoms with van der Waals surface area (Å²) in [5, 5.41) is 18.6. The van der Waals surface area contributed by atoms with Crippen LogP contribution in [0, 0.1) is 6.92 Å². The van der Waals surface area contributed by atoms with Crippen molar-refractivity contribution in [2.75, 3.05) is 0 Å². The smallest absolute Gasteiger partial charge is 0.336 e. The van der Waals surface area contributed by atoms with Crippen molar-refractivity contribution in [3.63, 3.8) is 0 Å². The average Bonchev–Trinajstić information content (AvgIpc) is 2.21. The standard InChI is InChI=1S/C11H11NO3/c1-4-7-5-8(11(14)15)6(2)10(13)9(7)12-3/h4-5,13H,1,3H2,2H3,(H,14,15). The van der Waals surface area contributed by atoms with Gasteiger partial charge in [0.15, 0.2) is 0 Å². The molecule has 2 N–H and O–H groups in total. The van der Waals surface area contributed by atoms with Gasteiger partial charge < -0.3 is 10.2 Å². The number of nitrogens with zero attached hydrogens (tertiary/aromatic N) is 1. The van der Waals surface area contributed by atoms with Crippen LogP contribution in [0.2, 0.25) is 0 Å². The highest BCUT2D eigenvalue weighted by atomic mass is 16.4. The highest BCUT2D eigenvalue weighted by Gasteiger charge is 2.16. The Bertz CT molecular complexity index is 450. The molecule has 0 spiro atoms. The lowest BCUT2D eigenvalue weighted by molar-refractivity contribution is 0.0695.